The number of Topliss-reactive ketones (excluding diaryl/α,β-unsaturated/α-hetero) is 2. The van der Waals surface area contributed by atoms with E-state index in [1.165, 1.54) is 12.1 Å². The Balaban J connectivity index is 2.14. The van der Waals surface area contributed by atoms with Gasteiger partial charge in [0.15, 0.2) is 11.5 Å². The summed E-state index contributed by atoms with van der Waals surface area (Å²) in [4.78, 5) is 34.1. The second-order valence-electron chi connectivity index (χ2n) is 3.57. The summed E-state index contributed by atoms with van der Waals surface area (Å²) in [5, 5.41) is 0. The normalized spacial score (nSPS) is 12.1. The first kappa shape index (κ1) is 12.1. The molecule has 0 saturated carbocycles. The smallest absolute Gasteiger partial charge is 0.313 e. The Morgan fingerprint density at radius 2 is 1.94 bits per heavy atom. The Hall–Kier alpha value is -2.37. The van der Waals surface area contributed by atoms with Crippen molar-refractivity contribution in [3.8, 4) is 11.5 Å². The predicted octanol–water partition coefficient (Wildman–Crippen LogP) is 0.730. The van der Waals surface area contributed by atoms with Crippen molar-refractivity contribution < 1.29 is 28.6 Å². The van der Waals surface area contributed by atoms with Gasteiger partial charge in [0.05, 0.1) is 7.11 Å². The molecule has 0 fully saturated rings. The lowest BCUT2D eigenvalue weighted by Crippen LogP contribution is -2.18. The fraction of sp³-hybridized carbons (Fsp3) is 0.250. The van der Waals surface area contributed by atoms with E-state index in [0.29, 0.717) is 11.5 Å². The largest absolute Gasteiger partial charge is 0.469 e. The van der Waals surface area contributed by atoms with Crippen LogP contribution in [0.1, 0.15) is 16.8 Å². The van der Waals surface area contributed by atoms with Gasteiger partial charge in [-0.2, -0.15) is 0 Å². The number of fused-ring (bicyclic) bond motifs is 1. The van der Waals surface area contributed by atoms with E-state index in [9.17, 15) is 14.4 Å². The fourth-order valence-electron chi connectivity index (χ4n) is 1.48. The van der Waals surface area contributed by atoms with E-state index in [4.69, 9.17) is 9.47 Å². The molecule has 0 bridgehead atoms. The van der Waals surface area contributed by atoms with Crippen LogP contribution in [0.25, 0.3) is 0 Å². The monoisotopic (exact) mass is 250 g/mol. The van der Waals surface area contributed by atoms with E-state index in [2.05, 4.69) is 4.74 Å². The molecule has 2 rings (SSSR count). The maximum absolute atomic E-state index is 11.7. The molecular weight excluding hydrogens is 240 g/mol. The van der Waals surface area contributed by atoms with Gasteiger partial charge in [0.25, 0.3) is 0 Å². The highest BCUT2D eigenvalue weighted by molar-refractivity contribution is 6.45. The van der Waals surface area contributed by atoms with Crippen LogP contribution < -0.4 is 9.47 Å². The van der Waals surface area contributed by atoms with Crippen LogP contribution in [0.5, 0.6) is 11.5 Å². The van der Waals surface area contributed by atoms with Crippen LogP contribution in [-0.4, -0.2) is 31.4 Å². The van der Waals surface area contributed by atoms with Crippen molar-refractivity contribution in [2.45, 2.75) is 6.42 Å². The summed E-state index contributed by atoms with van der Waals surface area (Å²) >= 11 is 0. The average molecular weight is 250 g/mol. The van der Waals surface area contributed by atoms with Gasteiger partial charge >= 0.3 is 5.97 Å². The minimum Gasteiger partial charge on any atom is -0.469 e. The molecule has 1 aromatic rings. The van der Waals surface area contributed by atoms with Crippen molar-refractivity contribution >= 4 is 17.5 Å². The standard InChI is InChI=1S/C12H10O6/c1-16-11(14)5-8(13)12(15)7-2-3-9-10(4-7)18-6-17-9/h2-4H,5-6H2,1H3. The Kier molecular flexibility index (Phi) is 3.27. The number of methoxy groups -OCH3 is 1. The quantitative estimate of drug-likeness (QED) is 0.339. The Morgan fingerprint density at radius 1 is 1.22 bits per heavy atom. The molecule has 0 amide bonds. The molecule has 94 valence electrons. The van der Waals surface area contributed by atoms with Crippen LogP contribution in [0.3, 0.4) is 0 Å². The number of carbonyl (C=O) groups excluding carboxylic acids is 3. The Morgan fingerprint density at radius 3 is 2.67 bits per heavy atom. The second kappa shape index (κ2) is 4.87. The summed E-state index contributed by atoms with van der Waals surface area (Å²) < 4.78 is 14.5. The summed E-state index contributed by atoms with van der Waals surface area (Å²) in [6.07, 6.45) is -0.566. The summed E-state index contributed by atoms with van der Waals surface area (Å²) in [7, 11) is 1.15. The van der Waals surface area contributed by atoms with Gasteiger partial charge in [-0.05, 0) is 18.2 Å². The van der Waals surface area contributed by atoms with Gasteiger partial charge in [0.2, 0.25) is 18.4 Å². The molecule has 18 heavy (non-hydrogen) atoms. The number of ketones is 2. The van der Waals surface area contributed by atoms with Gasteiger partial charge in [-0.1, -0.05) is 0 Å². The molecule has 1 aliphatic heterocycles. The zero-order valence-electron chi connectivity index (χ0n) is 9.60. The topological polar surface area (TPSA) is 78.9 Å². The molecule has 0 saturated heterocycles. The first-order valence-electron chi connectivity index (χ1n) is 5.16. The van der Waals surface area contributed by atoms with Crippen LogP contribution in [-0.2, 0) is 14.3 Å². The van der Waals surface area contributed by atoms with Crippen molar-refractivity contribution in [3.63, 3.8) is 0 Å². The summed E-state index contributed by atoms with van der Waals surface area (Å²) in [6, 6.07) is 4.41. The highest BCUT2D eigenvalue weighted by Gasteiger charge is 2.22. The molecule has 6 nitrogen and oxygen atoms in total. The van der Waals surface area contributed by atoms with Crippen molar-refractivity contribution in [3.05, 3.63) is 23.8 Å². The van der Waals surface area contributed by atoms with E-state index < -0.39 is 24.0 Å². The third kappa shape index (κ3) is 2.32. The van der Waals surface area contributed by atoms with E-state index in [0.717, 1.165) is 7.11 Å². The summed E-state index contributed by atoms with van der Waals surface area (Å²) in [5.41, 5.74) is 0.160. The number of benzene rings is 1. The lowest BCUT2D eigenvalue weighted by Gasteiger charge is -2.01. The van der Waals surface area contributed by atoms with Gasteiger partial charge in [-0.15, -0.1) is 0 Å². The van der Waals surface area contributed by atoms with Crippen molar-refractivity contribution in [2.24, 2.45) is 0 Å². The van der Waals surface area contributed by atoms with E-state index in [-0.39, 0.29) is 12.4 Å². The van der Waals surface area contributed by atoms with Crippen LogP contribution in [0.2, 0.25) is 0 Å². The fourth-order valence-corrected chi connectivity index (χ4v) is 1.48. The second-order valence-corrected chi connectivity index (χ2v) is 3.57. The Labute approximate surface area is 102 Å². The molecule has 6 heteroatoms. The number of esters is 1. The average Bonchev–Trinajstić information content (AvgIpc) is 2.84. The van der Waals surface area contributed by atoms with Gasteiger partial charge in [0.1, 0.15) is 6.42 Å². The lowest BCUT2D eigenvalue weighted by molar-refractivity contribution is -0.142. The van der Waals surface area contributed by atoms with Crippen molar-refractivity contribution in [1.82, 2.24) is 0 Å². The van der Waals surface area contributed by atoms with Crippen LogP contribution in [0.4, 0.5) is 0 Å². The third-order valence-corrected chi connectivity index (χ3v) is 2.42. The summed E-state index contributed by atoms with van der Waals surface area (Å²) in [5.74, 6) is -1.38. The molecule has 0 radical (unpaired) electrons. The number of rotatable bonds is 4. The maximum Gasteiger partial charge on any atom is 0.313 e. The molecule has 0 aliphatic carbocycles. The highest BCUT2D eigenvalue weighted by atomic mass is 16.7. The maximum atomic E-state index is 11.7. The molecule has 1 aromatic carbocycles. The molecule has 0 aromatic heterocycles. The zero-order chi connectivity index (χ0) is 13.1. The van der Waals surface area contributed by atoms with E-state index in [1.807, 2.05) is 0 Å². The zero-order valence-corrected chi connectivity index (χ0v) is 9.60. The van der Waals surface area contributed by atoms with Gasteiger partial charge in [-0.3, -0.25) is 14.4 Å². The highest BCUT2D eigenvalue weighted by Crippen LogP contribution is 2.32. The van der Waals surface area contributed by atoms with Crippen LogP contribution >= 0.6 is 0 Å². The van der Waals surface area contributed by atoms with E-state index in [1.54, 1.807) is 6.07 Å². The molecule has 0 atom stereocenters. The number of ether oxygens (including phenoxy) is 3. The first-order valence-corrected chi connectivity index (χ1v) is 5.16. The predicted molar refractivity (Wildman–Crippen MR) is 58.5 cm³/mol. The van der Waals surface area contributed by atoms with Gasteiger partial charge < -0.3 is 14.2 Å². The van der Waals surface area contributed by atoms with E-state index >= 15 is 0 Å². The summed E-state index contributed by atoms with van der Waals surface area (Å²) in [6.45, 7) is 0.0864. The number of hydrogen-bond donors (Lipinski definition) is 0. The minimum atomic E-state index is -0.819. The SMILES string of the molecule is COC(=O)CC(=O)C(=O)c1ccc2c(c1)OCO2. The molecule has 0 spiro atoms. The minimum absolute atomic E-state index is 0.0864. The molecule has 1 aliphatic rings. The van der Waals surface area contributed by atoms with Gasteiger partial charge in [0, 0.05) is 5.56 Å². The molecule has 0 unspecified atom stereocenters. The van der Waals surface area contributed by atoms with Crippen molar-refractivity contribution in [1.29, 1.82) is 0 Å². The van der Waals surface area contributed by atoms with Crippen molar-refractivity contribution in [2.75, 3.05) is 13.9 Å². The lowest BCUT2D eigenvalue weighted by atomic mass is 10.0. The number of carbonyl (C=O) groups is 3. The third-order valence-electron chi connectivity index (χ3n) is 2.42. The Bertz CT molecular complexity index is 519. The molecule has 0 N–H and O–H groups in total. The number of hydrogen-bond acceptors (Lipinski definition) is 6. The van der Waals surface area contributed by atoms with Crippen LogP contribution in [0, 0.1) is 0 Å². The van der Waals surface area contributed by atoms with Crippen LogP contribution in [0.15, 0.2) is 18.2 Å². The molecule has 1 heterocycles. The first-order chi connectivity index (χ1) is 8.61. The molecular formula is C12H10O6. The van der Waals surface area contributed by atoms with Gasteiger partial charge in [-0.25, -0.2) is 0 Å².